The van der Waals surface area contributed by atoms with Crippen molar-refractivity contribution < 1.29 is 4.79 Å². The van der Waals surface area contributed by atoms with Crippen molar-refractivity contribution in [3.8, 4) is 0 Å². The lowest BCUT2D eigenvalue weighted by Crippen LogP contribution is -2.57. The summed E-state index contributed by atoms with van der Waals surface area (Å²) in [6.07, 6.45) is 7.10. The number of amides is 1. The molecule has 1 saturated carbocycles. The molecular formula is C14H27N3O. The predicted molar refractivity (Wildman–Crippen MR) is 73.3 cm³/mol. The molecule has 18 heavy (non-hydrogen) atoms. The van der Waals surface area contributed by atoms with Crippen molar-refractivity contribution in [2.24, 2.45) is 5.73 Å². The first-order chi connectivity index (χ1) is 8.51. The number of hydrogen-bond acceptors (Lipinski definition) is 3. The minimum absolute atomic E-state index is 0.210. The minimum Gasteiger partial charge on any atom is -0.368 e. The van der Waals surface area contributed by atoms with Crippen molar-refractivity contribution in [2.75, 3.05) is 13.1 Å². The first-order valence-electron chi connectivity index (χ1n) is 7.33. The Bertz CT molecular complexity index is 297. The van der Waals surface area contributed by atoms with Gasteiger partial charge in [-0.25, -0.2) is 0 Å². The highest BCUT2D eigenvalue weighted by Gasteiger charge is 2.38. The molecule has 4 nitrogen and oxygen atoms in total. The maximum atomic E-state index is 11.7. The highest BCUT2D eigenvalue weighted by molar-refractivity contribution is 5.84. The van der Waals surface area contributed by atoms with Gasteiger partial charge in [-0.3, -0.25) is 4.79 Å². The fraction of sp³-hybridized carbons (Fsp3) is 0.929. The SMILES string of the molecule is CC(CC(C)(NC1CC1)C(N)=O)N1CCCCC1. The lowest BCUT2D eigenvalue weighted by molar-refractivity contribution is -0.124. The van der Waals surface area contributed by atoms with Gasteiger partial charge in [0.05, 0.1) is 5.54 Å². The van der Waals surface area contributed by atoms with Crippen molar-refractivity contribution in [1.29, 1.82) is 0 Å². The van der Waals surface area contributed by atoms with Crippen molar-refractivity contribution in [1.82, 2.24) is 10.2 Å². The summed E-state index contributed by atoms with van der Waals surface area (Å²) in [6, 6.07) is 0.935. The Morgan fingerprint density at radius 3 is 2.50 bits per heavy atom. The molecule has 0 bridgehead atoms. The van der Waals surface area contributed by atoms with Crippen LogP contribution in [0.3, 0.4) is 0 Å². The molecule has 0 aromatic carbocycles. The van der Waals surface area contributed by atoms with E-state index >= 15 is 0 Å². The molecule has 0 spiro atoms. The summed E-state index contributed by atoms with van der Waals surface area (Å²) < 4.78 is 0. The van der Waals surface area contributed by atoms with Gasteiger partial charge in [0.25, 0.3) is 0 Å². The molecule has 1 saturated heterocycles. The summed E-state index contributed by atoms with van der Waals surface area (Å²) in [5, 5.41) is 3.44. The topological polar surface area (TPSA) is 58.4 Å². The number of nitrogens with one attached hydrogen (secondary N) is 1. The Balaban J connectivity index is 1.91. The van der Waals surface area contributed by atoms with Gasteiger partial charge < -0.3 is 16.0 Å². The van der Waals surface area contributed by atoms with Crippen molar-refractivity contribution in [3.05, 3.63) is 0 Å². The molecule has 2 aliphatic rings. The summed E-state index contributed by atoms with van der Waals surface area (Å²) in [5.74, 6) is -0.210. The predicted octanol–water partition coefficient (Wildman–Crippen LogP) is 1.25. The van der Waals surface area contributed by atoms with Crippen LogP contribution < -0.4 is 11.1 Å². The molecule has 2 unspecified atom stereocenters. The average Bonchev–Trinajstić information content (AvgIpc) is 3.13. The van der Waals surface area contributed by atoms with Crippen LogP contribution in [0.2, 0.25) is 0 Å². The number of carbonyl (C=O) groups excluding carboxylic acids is 1. The van der Waals surface area contributed by atoms with Crippen molar-refractivity contribution in [3.63, 3.8) is 0 Å². The summed E-state index contributed by atoms with van der Waals surface area (Å²) in [7, 11) is 0. The molecule has 4 heteroatoms. The van der Waals surface area contributed by atoms with Crippen LogP contribution in [-0.2, 0) is 4.79 Å². The van der Waals surface area contributed by atoms with E-state index in [9.17, 15) is 4.79 Å². The first kappa shape index (κ1) is 13.8. The van der Waals surface area contributed by atoms with Crippen molar-refractivity contribution >= 4 is 5.91 Å². The van der Waals surface area contributed by atoms with Crippen LogP contribution >= 0.6 is 0 Å². The monoisotopic (exact) mass is 253 g/mol. The number of rotatable bonds is 6. The van der Waals surface area contributed by atoms with Crippen LogP contribution in [0.5, 0.6) is 0 Å². The number of nitrogens with two attached hydrogens (primary N) is 1. The van der Waals surface area contributed by atoms with Gasteiger partial charge in [0.1, 0.15) is 0 Å². The third kappa shape index (κ3) is 3.45. The number of nitrogens with zero attached hydrogens (tertiary/aromatic N) is 1. The summed E-state index contributed by atoms with van der Waals surface area (Å²) in [6.45, 7) is 6.52. The molecule has 2 atom stereocenters. The molecule has 0 aromatic heterocycles. The van der Waals surface area contributed by atoms with E-state index in [0.29, 0.717) is 12.1 Å². The van der Waals surface area contributed by atoms with Crippen LogP contribution in [0.25, 0.3) is 0 Å². The standard InChI is InChI=1S/C14H27N3O/c1-11(17-8-4-3-5-9-17)10-14(2,13(15)18)16-12-6-7-12/h11-12,16H,3-10H2,1-2H3,(H2,15,18). The maximum absolute atomic E-state index is 11.7. The molecule has 2 fully saturated rings. The molecular weight excluding hydrogens is 226 g/mol. The van der Waals surface area contributed by atoms with E-state index in [4.69, 9.17) is 5.73 Å². The van der Waals surface area contributed by atoms with E-state index in [1.54, 1.807) is 0 Å². The van der Waals surface area contributed by atoms with Gasteiger partial charge in [0.2, 0.25) is 5.91 Å². The maximum Gasteiger partial charge on any atom is 0.237 e. The Morgan fingerprint density at radius 2 is 2.00 bits per heavy atom. The lowest BCUT2D eigenvalue weighted by atomic mass is 9.91. The van der Waals surface area contributed by atoms with E-state index in [0.717, 1.165) is 6.42 Å². The Labute approximate surface area is 110 Å². The summed E-state index contributed by atoms with van der Waals surface area (Å²) >= 11 is 0. The Hall–Kier alpha value is -0.610. The third-order valence-corrected chi connectivity index (χ3v) is 4.36. The number of primary amides is 1. The second-order valence-corrected chi connectivity index (χ2v) is 6.26. The van der Waals surface area contributed by atoms with Gasteiger partial charge in [0.15, 0.2) is 0 Å². The van der Waals surface area contributed by atoms with Gasteiger partial charge in [0, 0.05) is 12.1 Å². The molecule has 1 heterocycles. The summed E-state index contributed by atoms with van der Waals surface area (Å²) in [5.41, 5.74) is 5.06. The fourth-order valence-electron chi connectivity index (χ4n) is 2.99. The van der Waals surface area contributed by atoms with E-state index < -0.39 is 5.54 Å². The quantitative estimate of drug-likeness (QED) is 0.749. The van der Waals surface area contributed by atoms with E-state index in [1.807, 2.05) is 6.92 Å². The highest BCUT2D eigenvalue weighted by Crippen LogP contribution is 2.26. The van der Waals surface area contributed by atoms with Gasteiger partial charge in [-0.15, -0.1) is 0 Å². The average molecular weight is 253 g/mol. The molecule has 3 N–H and O–H groups in total. The van der Waals surface area contributed by atoms with Crippen LogP contribution in [0.4, 0.5) is 0 Å². The largest absolute Gasteiger partial charge is 0.368 e. The number of piperidine rings is 1. The van der Waals surface area contributed by atoms with Crippen molar-refractivity contribution in [2.45, 2.75) is 70.0 Å². The van der Waals surface area contributed by atoms with Gasteiger partial charge in [-0.2, -0.15) is 0 Å². The lowest BCUT2D eigenvalue weighted by Gasteiger charge is -2.37. The zero-order valence-electron chi connectivity index (χ0n) is 11.7. The second kappa shape index (κ2) is 5.57. The third-order valence-electron chi connectivity index (χ3n) is 4.36. The molecule has 1 aliphatic heterocycles. The molecule has 1 aliphatic carbocycles. The van der Waals surface area contributed by atoms with Crippen LogP contribution in [0, 0.1) is 0 Å². The Kier molecular flexibility index (Phi) is 4.28. The number of carbonyl (C=O) groups is 1. The van der Waals surface area contributed by atoms with Crippen LogP contribution in [-0.4, -0.2) is 41.5 Å². The van der Waals surface area contributed by atoms with Gasteiger partial charge in [-0.05, 0) is 59.0 Å². The minimum atomic E-state index is -0.544. The second-order valence-electron chi connectivity index (χ2n) is 6.26. The Morgan fingerprint density at radius 1 is 1.39 bits per heavy atom. The molecule has 104 valence electrons. The van der Waals surface area contributed by atoms with Gasteiger partial charge in [-0.1, -0.05) is 6.42 Å². The van der Waals surface area contributed by atoms with Crippen LogP contribution in [0.15, 0.2) is 0 Å². The van der Waals surface area contributed by atoms with Crippen LogP contribution in [0.1, 0.15) is 52.4 Å². The normalized spacial score (nSPS) is 26.6. The molecule has 0 radical (unpaired) electrons. The fourth-order valence-corrected chi connectivity index (χ4v) is 2.99. The summed E-state index contributed by atoms with van der Waals surface area (Å²) in [4.78, 5) is 14.2. The van der Waals surface area contributed by atoms with E-state index in [1.165, 1.54) is 45.2 Å². The first-order valence-corrected chi connectivity index (χ1v) is 7.33. The smallest absolute Gasteiger partial charge is 0.237 e. The molecule has 1 amide bonds. The zero-order chi connectivity index (χ0) is 13.2. The molecule has 2 rings (SSSR count). The number of likely N-dealkylation sites (tertiary alicyclic amines) is 1. The zero-order valence-corrected chi connectivity index (χ0v) is 11.7. The van der Waals surface area contributed by atoms with Gasteiger partial charge >= 0.3 is 0 Å². The van der Waals surface area contributed by atoms with E-state index in [2.05, 4.69) is 17.1 Å². The number of hydrogen-bond donors (Lipinski definition) is 2. The van der Waals surface area contributed by atoms with E-state index in [-0.39, 0.29) is 5.91 Å². The molecule has 0 aromatic rings. The highest BCUT2D eigenvalue weighted by atomic mass is 16.1.